The van der Waals surface area contributed by atoms with Crippen molar-refractivity contribution in [1.82, 2.24) is 19.5 Å². The van der Waals surface area contributed by atoms with Gasteiger partial charge in [0.05, 0.1) is 0 Å². The molecule has 0 spiro atoms. The second-order valence-electron chi connectivity index (χ2n) is 4.92. The van der Waals surface area contributed by atoms with E-state index in [1.165, 1.54) is 17.4 Å². The minimum Gasteiger partial charge on any atom is -0.355 e. The molecule has 0 bridgehead atoms. The number of carbonyl (C=O) groups excluding carboxylic acids is 1. The molecule has 8 heteroatoms. The SMILES string of the molecule is CC(=O)NCCN1CCN(S(=O)(=O)c2cccnc2)CC1. The van der Waals surface area contributed by atoms with Gasteiger partial charge in [-0.25, -0.2) is 8.42 Å². The largest absolute Gasteiger partial charge is 0.355 e. The van der Waals surface area contributed by atoms with E-state index in [-0.39, 0.29) is 10.8 Å². The van der Waals surface area contributed by atoms with Crippen LogP contribution in [0.3, 0.4) is 0 Å². The second kappa shape index (κ2) is 6.97. The van der Waals surface area contributed by atoms with Crippen molar-refractivity contribution in [2.75, 3.05) is 39.3 Å². The van der Waals surface area contributed by atoms with E-state index in [1.807, 2.05) is 0 Å². The van der Waals surface area contributed by atoms with Crippen LogP contribution in [0.25, 0.3) is 0 Å². The van der Waals surface area contributed by atoms with Gasteiger partial charge in [-0.15, -0.1) is 0 Å². The smallest absolute Gasteiger partial charge is 0.244 e. The Labute approximate surface area is 125 Å². The average molecular weight is 312 g/mol. The van der Waals surface area contributed by atoms with Crippen LogP contribution in [-0.2, 0) is 14.8 Å². The van der Waals surface area contributed by atoms with Gasteiger partial charge >= 0.3 is 0 Å². The first kappa shape index (κ1) is 15.9. The molecular weight excluding hydrogens is 292 g/mol. The van der Waals surface area contributed by atoms with Crippen LogP contribution in [0, 0.1) is 0 Å². The monoisotopic (exact) mass is 312 g/mol. The van der Waals surface area contributed by atoms with Crippen molar-refractivity contribution in [3.63, 3.8) is 0 Å². The summed E-state index contributed by atoms with van der Waals surface area (Å²) in [5.74, 6) is -0.0483. The summed E-state index contributed by atoms with van der Waals surface area (Å²) in [5.41, 5.74) is 0. The molecule has 0 aliphatic carbocycles. The van der Waals surface area contributed by atoms with Crippen molar-refractivity contribution in [3.8, 4) is 0 Å². The predicted molar refractivity (Wildman–Crippen MR) is 78.1 cm³/mol. The van der Waals surface area contributed by atoms with E-state index < -0.39 is 10.0 Å². The normalized spacial score (nSPS) is 17.6. The molecule has 21 heavy (non-hydrogen) atoms. The maximum Gasteiger partial charge on any atom is 0.244 e. The van der Waals surface area contributed by atoms with Crippen LogP contribution in [-0.4, -0.2) is 67.8 Å². The van der Waals surface area contributed by atoms with E-state index in [9.17, 15) is 13.2 Å². The Balaban J connectivity index is 1.88. The predicted octanol–water partition coefficient (Wildman–Crippen LogP) is -0.476. The van der Waals surface area contributed by atoms with Crippen LogP contribution in [0.4, 0.5) is 0 Å². The van der Waals surface area contributed by atoms with Gasteiger partial charge in [0.25, 0.3) is 0 Å². The van der Waals surface area contributed by atoms with Crippen LogP contribution >= 0.6 is 0 Å². The molecule has 7 nitrogen and oxygen atoms in total. The lowest BCUT2D eigenvalue weighted by Gasteiger charge is -2.33. The highest BCUT2D eigenvalue weighted by atomic mass is 32.2. The number of piperazine rings is 1. The molecule has 0 atom stereocenters. The first-order valence-electron chi connectivity index (χ1n) is 6.87. The van der Waals surface area contributed by atoms with Crippen molar-refractivity contribution in [3.05, 3.63) is 24.5 Å². The van der Waals surface area contributed by atoms with Crippen LogP contribution in [0.15, 0.2) is 29.4 Å². The molecule has 2 heterocycles. The van der Waals surface area contributed by atoms with E-state index in [1.54, 1.807) is 18.3 Å². The second-order valence-corrected chi connectivity index (χ2v) is 6.86. The molecular formula is C13H20N4O3S. The Morgan fingerprint density at radius 2 is 2.05 bits per heavy atom. The van der Waals surface area contributed by atoms with E-state index in [0.29, 0.717) is 32.7 Å². The number of amides is 1. The summed E-state index contributed by atoms with van der Waals surface area (Å²) in [5, 5.41) is 2.74. The molecule has 0 aromatic carbocycles. The number of sulfonamides is 1. The van der Waals surface area contributed by atoms with Crippen LogP contribution < -0.4 is 5.32 Å². The number of hydrogen-bond donors (Lipinski definition) is 1. The highest BCUT2D eigenvalue weighted by molar-refractivity contribution is 7.89. The topological polar surface area (TPSA) is 82.6 Å². The third-order valence-electron chi connectivity index (χ3n) is 3.41. The van der Waals surface area contributed by atoms with Crippen molar-refractivity contribution in [2.24, 2.45) is 0 Å². The maximum atomic E-state index is 12.4. The van der Waals surface area contributed by atoms with Gasteiger partial charge < -0.3 is 5.32 Å². The van der Waals surface area contributed by atoms with E-state index >= 15 is 0 Å². The number of rotatable bonds is 5. The fourth-order valence-corrected chi connectivity index (χ4v) is 3.62. The number of nitrogens with one attached hydrogen (secondary N) is 1. The molecule has 0 radical (unpaired) electrons. The Morgan fingerprint density at radius 1 is 1.33 bits per heavy atom. The highest BCUT2D eigenvalue weighted by Gasteiger charge is 2.28. The number of pyridine rings is 1. The van der Waals surface area contributed by atoms with Gasteiger partial charge in [-0.1, -0.05) is 0 Å². The van der Waals surface area contributed by atoms with Crippen molar-refractivity contribution in [2.45, 2.75) is 11.8 Å². The Hall–Kier alpha value is -1.51. The Kier molecular flexibility index (Phi) is 5.27. The Morgan fingerprint density at radius 3 is 2.62 bits per heavy atom. The first-order valence-corrected chi connectivity index (χ1v) is 8.31. The van der Waals surface area contributed by atoms with Crippen LogP contribution in [0.5, 0.6) is 0 Å². The van der Waals surface area contributed by atoms with Crippen molar-refractivity contribution < 1.29 is 13.2 Å². The first-order chi connectivity index (χ1) is 10.00. The van der Waals surface area contributed by atoms with Gasteiger partial charge in [0.15, 0.2) is 0 Å². The number of carbonyl (C=O) groups is 1. The molecule has 0 saturated carbocycles. The minimum atomic E-state index is -3.44. The van der Waals surface area contributed by atoms with E-state index in [2.05, 4.69) is 15.2 Å². The molecule has 116 valence electrons. The van der Waals surface area contributed by atoms with Gasteiger partial charge in [-0.3, -0.25) is 14.7 Å². The zero-order chi connectivity index (χ0) is 15.3. The zero-order valence-electron chi connectivity index (χ0n) is 12.0. The van der Waals surface area contributed by atoms with Gasteiger partial charge in [-0.05, 0) is 12.1 Å². The molecule has 0 unspecified atom stereocenters. The summed E-state index contributed by atoms with van der Waals surface area (Å²) in [6.07, 6.45) is 2.93. The summed E-state index contributed by atoms with van der Waals surface area (Å²) >= 11 is 0. The molecule has 1 N–H and O–H groups in total. The molecule has 1 fully saturated rings. The van der Waals surface area contributed by atoms with Crippen molar-refractivity contribution >= 4 is 15.9 Å². The lowest BCUT2D eigenvalue weighted by Crippen LogP contribution is -2.50. The molecule has 1 amide bonds. The van der Waals surface area contributed by atoms with Gasteiger partial charge in [0.1, 0.15) is 4.90 Å². The summed E-state index contributed by atoms with van der Waals surface area (Å²) in [6.45, 7) is 5.05. The molecule has 2 rings (SSSR count). The fraction of sp³-hybridized carbons (Fsp3) is 0.538. The summed E-state index contributed by atoms with van der Waals surface area (Å²) in [4.78, 5) is 17.0. The lowest BCUT2D eigenvalue weighted by atomic mass is 10.3. The molecule has 1 aromatic rings. The third kappa shape index (κ3) is 4.23. The minimum absolute atomic E-state index is 0.0483. The summed E-state index contributed by atoms with van der Waals surface area (Å²) < 4.78 is 26.3. The molecule has 1 aliphatic heterocycles. The molecule has 1 saturated heterocycles. The van der Waals surface area contributed by atoms with Gasteiger partial charge in [-0.2, -0.15) is 4.31 Å². The summed E-state index contributed by atoms with van der Waals surface area (Å²) in [7, 11) is -3.44. The highest BCUT2D eigenvalue weighted by Crippen LogP contribution is 2.16. The van der Waals surface area contributed by atoms with Crippen LogP contribution in [0.2, 0.25) is 0 Å². The number of nitrogens with zero attached hydrogens (tertiary/aromatic N) is 3. The Bertz CT molecular complexity index is 568. The average Bonchev–Trinajstić information content (AvgIpc) is 2.48. The van der Waals surface area contributed by atoms with Crippen LogP contribution in [0.1, 0.15) is 6.92 Å². The molecule has 1 aliphatic rings. The quantitative estimate of drug-likeness (QED) is 0.794. The van der Waals surface area contributed by atoms with E-state index in [0.717, 1.165) is 6.54 Å². The maximum absolute atomic E-state index is 12.4. The van der Waals surface area contributed by atoms with Crippen molar-refractivity contribution in [1.29, 1.82) is 0 Å². The zero-order valence-corrected chi connectivity index (χ0v) is 12.8. The molecule has 1 aromatic heterocycles. The van der Waals surface area contributed by atoms with Gasteiger partial charge in [0, 0.05) is 58.6 Å². The van der Waals surface area contributed by atoms with Gasteiger partial charge in [0.2, 0.25) is 15.9 Å². The number of hydrogen-bond acceptors (Lipinski definition) is 5. The standard InChI is InChI=1S/C13H20N4O3S/c1-12(18)15-5-6-16-7-9-17(10-8-16)21(19,20)13-3-2-4-14-11-13/h2-4,11H,5-10H2,1H3,(H,15,18). The third-order valence-corrected chi connectivity index (χ3v) is 5.29. The lowest BCUT2D eigenvalue weighted by molar-refractivity contribution is -0.119. The van der Waals surface area contributed by atoms with E-state index in [4.69, 9.17) is 0 Å². The number of aromatic nitrogens is 1. The fourth-order valence-electron chi connectivity index (χ4n) is 2.23. The summed E-state index contributed by atoms with van der Waals surface area (Å²) in [6, 6.07) is 3.18.